The summed E-state index contributed by atoms with van der Waals surface area (Å²) in [4.78, 5) is 51.9. The van der Waals surface area contributed by atoms with Crippen molar-refractivity contribution in [1.29, 1.82) is 0 Å². The van der Waals surface area contributed by atoms with Gasteiger partial charge in [0.1, 0.15) is 17.7 Å². The summed E-state index contributed by atoms with van der Waals surface area (Å²) in [6.07, 6.45) is 1.92. The maximum Gasteiger partial charge on any atom is 0.408 e. The number of aryl methyl sites for hydroxylation is 2. The molecule has 0 saturated heterocycles. The van der Waals surface area contributed by atoms with Gasteiger partial charge in [-0.2, -0.15) is 0 Å². The van der Waals surface area contributed by atoms with E-state index < -0.39 is 35.6 Å². The van der Waals surface area contributed by atoms with Crippen LogP contribution in [0, 0.1) is 13.8 Å². The number of ether oxygens (including phenoxy) is 1. The Bertz CT molecular complexity index is 894. The van der Waals surface area contributed by atoms with E-state index in [4.69, 9.17) is 10.5 Å². The lowest BCUT2D eigenvalue weighted by Crippen LogP contribution is -2.52. The molecule has 2 atom stereocenters. The van der Waals surface area contributed by atoms with Crippen LogP contribution in [0.15, 0.2) is 18.2 Å². The molecule has 2 unspecified atom stereocenters. The van der Waals surface area contributed by atoms with Crippen LogP contribution in [0.3, 0.4) is 0 Å². The molecule has 9 heteroatoms. The van der Waals surface area contributed by atoms with Gasteiger partial charge in [-0.1, -0.05) is 38.0 Å². The molecule has 0 heterocycles. The number of primary amides is 1. The van der Waals surface area contributed by atoms with Gasteiger partial charge in [-0.3, -0.25) is 14.4 Å². The fourth-order valence-electron chi connectivity index (χ4n) is 3.54. The zero-order chi connectivity index (χ0) is 26.8. The minimum absolute atomic E-state index is 0.0183. The molecular formula is C26H42N4O5. The molecular weight excluding hydrogens is 448 g/mol. The van der Waals surface area contributed by atoms with Crippen LogP contribution in [-0.4, -0.2) is 54.0 Å². The van der Waals surface area contributed by atoms with E-state index in [2.05, 4.69) is 17.6 Å². The van der Waals surface area contributed by atoms with Gasteiger partial charge in [0.15, 0.2) is 0 Å². The van der Waals surface area contributed by atoms with Crippen molar-refractivity contribution in [2.45, 2.75) is 91.3 Å². The molecule has 0 aliphatic carbocycles. The molecule has 0 aliphatic rings. The van der Waals surface area contributed by atoms with Crippen molar-refractivity contribution in [2.75, 3.05) is 13.6 Å². The van der Waals surface area contributed by atoms with Crippen molar-refractivity contribution in [3.05, 3.63) is 34.9 Å². The Morgan fingerprint density at radius 3 is 2.29 bits per heavy atom. The number of carbonyl (C=O) groups excluding carboxylic acids is 4. The molecule has 0 radical (unpaired) electrons. The Labute approximate surface area is 209 Å². The summed E-state index contributed by atoms with van der Waals surface area (Å²) >= 11 is 0. The summed E-state index contributed by atoms with van der Waals surface area (Å²) in [7, 11) is 1.52. The predicted octanol–water partition coefficient (Wildman–Crippen LogP) is 3.27. The van der Waals surface area contributed by atoms with Gasteiger partial charge in [0, 0.05) is 20.0 Å². The van der Waals surface area contributed by atoms with E-state index in [9.17, 15) is 19.2 Å². The lowest BCUT2D eigenvalue weighted by atomic mass is 9.98. The number of unbranched alkanes of at least 4 members (excludes halogenated alkanes) is 2. The van der Waals surface area contributed by atoms with Gasteiger partial charge in [-0.15, -0.1) is 0 Å². The molecule has 0 fully saturated rings. The molecule has 0 aliphatic heterocycles. The molecule has 4 amide bonds. The summed E-state index contributed by atoms with van der Waals surface area (Å²) in [5.41, 5.74) is 7.23. The maximum absolute atomic E-state index is 13.5. The Kier molecular flexibility index (Phi) is 11.7. The van der Waals surface area contributed by atoms with Crippen LogP contribution in [0.25, 0.3) is 0 Å². The minimum Gasteiger partial charge on any atom is -0.444 e. The third-order valence-electron chi connectivity index (χ3n) is 5.58. The van der Waals surface area contributed by atoms with E-state index in [-0.39, 0.29) is 18.7 Å². The fraction of sp³-hybridized carbons (Fsp3) is 0.615. The predicted molar refractivity (Wildman–Crippen MR) is 136 cm³/mol. The van der Waals surface area contributed by atoms with Crippen LogP contribution >= 0.6 is 0 Å². The molecule has 0 bridgehead atoms. The smallest absolute Gasteiger partial charge is 0.408 e. The van der Waals surface area contributed by atoms with Gasteiger partial charge in [-0.25, -0.2) is 4.79 Å². The second kappa shape index (κ2) is 13.7. The highest BCUT2D eigenvalue weighted by atomic mass is 16.6. The molecule has 1 aromatic carbocycles. The topological polar surface area (TPSA) is 131 Å². The van der Waals surface area contributed by atoms with Crippen LogP contribution < -0.4 is 16.4 Å². The lowest BCUT2D eigenvalue weighted by molar-refractivity contribution is -0.141. The van der Waals surface area contributed by atoms with Crippen molar-refractivity contribution in [3.63, 3.8) is 0 Å². The molecule has 35 heavy (non-hydrogen) atoms. The van der Waals surface area contributed by atoms with Gasteiger partial charge in [-0.05, 0) is 64.2 Å². The number of likely N-dealkylation sites (N-methyl/N-ethyl adjacent to an activating group) is 1. The van der Waals surface area contributed by atoms with Gasteiger partial charge in [0.25, 0.3) is 0 Å². The lowest BCUT2D eigenvalue weighted by Gasteiger charge is -2.32. The quantitative estimate of drug-likeness (QED) is 0.387. The van der Waals surface area contributed by atoms with E-state index in [0.29, 0.717) is 12.1 Å². The standard InChI is InChI=1S/C26H42N4O5/c1-8-9-10-15-28-23(32)22(19-12-11-17(2)18(3)16-19)30(7)24(33)20(13-14-21(27)31)29-25(34)35-26(4,5)6/h11-12,16,20,22H,8-10,13-15H2,1-7H3,(H2,27,31)(H,28,32)(H,29,34). The van der Waals surface area contributed by atoms with Crippen LogP contribution in [0.1, 0.15) is 82.5 Å². The van der Waals surface area contributed by atoms with Crippen molar-refractivity contribution in [1.82, 2.24) is 15.5 Å². The third-order valence-corrected chi connectivity index (χ3v) is 5.58. The highest BCUT2D eigenvalue weighted by molar-refractivity contribution is 5.92. The SMILES string of the molecule is CCCCCNC(=O)C(c1ccc(C)c(C)c1)N(C)C(=O)C(CCC(N)=O)NC(=O)OC(C)(C)C. The van der Waals surface area contributed by atoms with Crippen molar-refractivity contribution < 1.29 is 23.9 Å². The first-order valence-electron chi connectivity index (χ1n) is 12.2. The summed E-state index contributed by atoms with van der Waals surface area (Å²) in [6, 6.07) is 3.60. The van der Waals surface area contributed by atoms with Crippen LogP contribution in [-0.2, 0) is 19.1 Å². The average molecular weight is 491 g/mol. The summed E-state index contributed by atoms with van der Waals surface area (Å²) < 4.78 is 5.29. The first-order valence-corrected chi connectivity index (χ1v) is 12.2. The normalized spacial score (nSPS) is 12.9. The van der Waals surface area contributed by atoms with E-state index in [1.54, 1.807) is 20.8 Å². The molecule has 0 saturated carbocycles. The van der Waals surface area contributed by atoms with Crippen LogP contribution in [0.4, 0.5) is 4.79 Å². The second-order valence-corrected chi connectivity index (χ2v) is 9.90. The summed E-state index contributed by atoms with van der Waals surface area (Å²) in [5, 5.41) is 5.47. The number of hydrogen-bond donors (Lipinski definition) is 3. The van der Waals surface area contributed by atoms with Crippen LogP contribution in [0.2, 0.25) is 0 Å². The van der Waals surface area contributed by atoms with Crippen molar-refractivity contribution in [2.24, 2.45) is 5.73 Å². The average Bonchev–Trinajstić information content (AvgIpc) is 2.74. The molecule has 0 spiro atoms. The molecule has 9 nitrogen and oxygen atoms in total. The number of hydrogen-bond acceptors (Lipinski definition) is 5. The van der Waals surface area contributed by atoms with Gasteiger partial charge < -0.3 is 26.0 Å². The Morgan fingerprint density at radius 2 is 1.74 bits per heavy atom. The monoisotopic (exact) mass is 490 g/mol. The molecule has 0 aromatic heterocycles. The number of amides is 4. The van der Waals surface area contributed by atoms with Gasteiger partial charge in [0.2, 0.25) is 17.7 Å². The van der Waals surface area contributed by atoms with Gasteiger partial charge >= 0.3 is 6.09 Å². The van der Waals surface area contributed by atoms with E-state index in [0.717, 1.165) is 30.4 Å². The number of alkyl carbamates (subject to hydrolysis) is 1. The molecule has 4 N–H and O–H groups in total. The maximum atomic E-state index is 13.5. The number of rotatable bonds is 12. The highest BCUT2D eigenvalue weighted by Gasteiger charge is 2.34. The van der Waals surface area contributed by atoms with E-state index in [1.165, 1.54) is 11.9 Å². The number of nitrogens with one attached hydrogen (secondary N) is 2. The Balaban J connectivity index is 3.24. The first-order chi connectivity index (χ1) is 16.3. The summed E-state index contributed by atoms with van der Waals surface area (Å²) in [5.74, 6) is -1.44. The second-order valence-electron chi connectivity index (χ2n) is 9.90. The van der Waals surface area contributed by atoms with Crippen molar-refractivity contribution >= 4 is 23.8 Å². The molecule has 196 valence electrons. The molecule has 1 aromatic rings. The largest absolute Gasteiger partial charge is 0.444 e. The summed E-state index contributed by atoms with van der Waals surface area (Å²) in [6.45, 7) is 11.6. The van der Waals surface area contributed by atoms with Crippen molar-refractivity contribution in [3.8, 4) is 0 Å². The Hall–Kier alpha value is -3.10. The number of nitrogens with two attached hydrogens (primary N) is 1. The minimum atomic E-state index is -1.09. The number of nitrogens with zero attached hydrogens (tertiary/aromatic N) is 1. The zero-order valence-electron chi connectivity index (χ0n) is 22.2. The van der Waals surface area contributed by atoms with E-state index >= 15 is 0 Å². The van der Waals surface area contributed by atoms with E-state index in [1.807, 2.05) is 32.0 Å². The third kappa shape index (κ3) is 10.4. The molecule has 1 rings (SSSR count). The zero-order valence-corrected chi connectivity index (χ0v) is 22.2. The van der Waals surface area contributed by atoms with Crippen LogP contribution in [0.5, 0.6) is 0 Å². The number of benzene rings is 1. The van der Waals surface area contributed by atoms with Gasteiger partial charge in [0.05, 0.1) is 0 Å². The Morgan fingerprint density at radius 1 is 1.09 bits per heavy atom. The first kappa shape index (κ1) is 29.9. The highest BCUT2D eigenvalue weighted by Crippen LogP contribution is 2.24. The fourth-order valence-corrected chi connectivity index (χ4v) is 3.54. The number of carbonyl (C=O) groups is 4.